The van der Waals surface area contributed by atoms with Crippen LogP contribution in [0.5, 0.6) is 5.75 Å². The zero-order chi connectivity index (χ0) is 13.0. The largest absolute Gasteiger partial charge is 0.492 e. The molecule has 0 aliphatic carbocycles. The van der Waals surface area contributed by atoms with Crippen LogP contribution in [0.1, 0.15) is 25.5 Å². The highest BCUT2D eigenvalue weighted by Gasteiger charge is 2.08. The summed E-state index contributed by atoms with van der Waals surface area (Å²) in [4.78, 5) is 0. The van der Waals surface area contributed by atoms with E-state index in [1.54, 1.807) is 12.5 Å². The maximum absolute atomic E-state index is 6.13. The molecule has 0 saturated heterocycles. The molecular weight excluding hydrogens is 250 g/mol. The van der Waals surface area contributed by atoms with E-state index in [1.165, 1.54) is 0 Å². The predicted molar refractivity (Wildman–Crippen MR) is 73.4 cm³/mol. The van der Waals surface area contributed by atoms with Crippen molar-refractivity contribution >= 4 is 17.3 Å². The Morgan fingerprint density at radius 2 is 2.22 bits per heavy atom. The zero-order valence-electron chi connectivity index (χ0n) is 10.4. The molecule has 0 aliphatic rings. The molecule has 1 aromatic carbocycles. The van der Waals surface area contributed by atoms with E-state index >= 15 is 0 Å². The monoisotopic (exact) mass is 265 g/mol. The molecule has 0 bridgehead atoms. The lowest BCUT2D eigenvalue weighted by Gasteiger charge is -2.14. The van der Waals surface area contributed by atoms with Gasteiger partial charge in [0.2, 0.25) is 0 Å². The fourth-order valence-corrected chi connectivity index (χ4v) is 1.95. The van der Waals surface area contributed by atoms with Crippen molar-refractivity contribution in [3.8, 4) is 5.75 Å². The first kappa shape index (κ1) is 12.8. The zero-order valence-corrected chi connectivity index (χ0v) is 11.2. The van der Waals surface area contributed by atoms with Crippen LogP contribution >= 0.6 is 11.6 Å². The number of anilines is 1. The van der Waals surface area contributed by atoms with Crippen LogP contribution < -0.4 is 10.1 Å². The second-order valence-corrected chi connectivity index (χ2v) is 4.41. The van der Waals surface area contributed by atoms with Crippen LogP contribution in [-0.2, 0) is 0 Å². The van der Waals surface area contributed by atoms with Crippen LogP contribution in [0.3, 0.4) is 0 Å². The minimum atomic E-state index is 0.165. The third-order valence-electron chi connectivity index (χ3n) is 2.66. The average Bonchev–Trinajstić information content (AvgIpc) is 2.86. The lowest BCUT2D eigenvalue weighted by molar-refractivity contribution is 0.340. The Labute approximate surface area is 112 Å². The Hall–Kier alpha value is -1.61. The highest BCUT2D eigenvalue weighted by molar-refractivity contribution is 6.32. The van der Waals surface area contributed by atoms with Crippen molar-refractivity contribution in [2.45, 2.75) is 19.9 Å². The van der Waals surface area contributed by atoms with Crippen molar-refractivity contribution in [2.24, 2.45) is 0 Å². The van der Waals surface area contributed by atoms with E-state index in [0.717, 1.165) is 11.3 Å². The van der Waals surface area contributed by atoms with Crippen LogP contribution in [0.4, 0.5) is 5.69 Å². The first-order chi connectivity index (χ1) is 8.70. The Morgan fingerprint density at radius 1 is 1.39 bits per heavy atom. The maximum Gasteiger partial charge on any atom is 0.138 e. The summed E-state index contributed by atoms with van der Waals surface area (Å²) in [5.74, 6) is 0.709. The average molecular weight is 266 g/mol. The van der Waals surface area contributed by atoms with Gasteiger partial charge in [0.05, 0.1) is 30.2 Å². The molecule has 96 valence electrons. The van der Waals surface area contributed by atoms with Gasteiger partial charge in [0.1, 0.15) is 5.75 Å². The summed E-state index contributed by atoms with van der Waals surface area (Å²) in [5.41, 5.74) is 2.05. The SMILES string of the molecule is CCOc1ccc(NC(C)c2ccoc2)cc1Cl. The van der Waals surface area contributed by atoms with Gasteiger partial charge in [-0.15, -0.1) is 0 Å². The van der Waals surface area contributed by atoms with Crippen LogP contribution in [0.2, 0.25) is 5.02 Å². The fraction of sp³-hybridized carbons (Fsp3) is 0.286. The number of benzene rings is 1. The van der Waals surface area contributed by atoms with Gasteiger partial charge < -0.3 is 14.5 Å². The molecule has 1 aromatic heterocycles. The molecule has 1 N–H and O–H groups in total. The predicted octanol–water partition coefficient (Wildman–Crippen LogP) is 4.50. The van der Waals surface area contributed by atoms with Gasteiger partial charge in [0.25, 0.3) is 0 Å². The highest BCUT2D eigenvalue weighted by Crippen LogP contribution is 2.29. The third-order valence-corrected chi connectivity index (χ3v) is 2.95. The number of nitrogens with one attached hydrogen (secondary N) is 1. The summed E-state index contributed by atoms with van der Waals surface area (Å²) in [6.07, 6.45) is 3.40. The van der Waals surface area contributed by atoms with Gasteiger partial charge in [-0.3, -0.25) is 0 Å². The van der Waals surface area contributed by atoms with Gasteiger partial charge in [-0.05, 0) is 38.1 Å². The summed E-state index contributed by atoms with van der Waals surface area (Å²) < 4.78 is 10.5. The molecule has 0 radical (unpaired) electrons. The summed E-state index contributed by atoms with van der Waals surface area (Å²) in [6.45, 7) is 4.61. The molecule has 0 fully saturated rings. The van der Waals surface area contributed by atoms with Crippen molar-refractivity contribution < 1.29 is 9.15 Å². The Morgan fingerprint density at radius 3 is 2.83 bits per heavy atom. The topological polar surface area (TPSA) is 34.4 Å². The third kappa shape index (κ3) is 2.99. The molecule has 18 heavy (non-hydrogen) atoms. The van der Waals surface area contributed by atoms with E-state index in [0.29, 0.717) is 17.4 Å². The number of halogens is 1. The first-order valence-corrected chi connectivity index (χ1v) is 6.29. The van der Waals surface area contributed by atoms with Crippen LogP contribution in [0, 0.1) is 0 Å². The molecule has 2 rings (SSSR count). The molecule has 4 heteroatoms. The van der Waals surface area contributed by atoms with Crippen molar-refractivity contribution in [1.82, 2.24) is 0 Å². The van der Waals surface area contributed by atoms with Gasteiger partial charge in [-0.1, -0.05) is 11.6 Å². The lowest BCUT2D eigenvalue weighted by Crippen LogP contribution is -2.05. The number of hydrogen-bond donors (Lipinski definition) is 1. The Bertz CT molecular complexity index is 497. The summed E-state index contributed by atoms with van der Waals surface area (Å²) in [5, 5.41) is 3.97. The summed E-state index contributed by atoms with van der Waals surface area (Å²) >= 11 is 6.13. The molecule has 2 aromatic rings. The molecule has 0 saturated carbocycles. The molecule has 0 aliphatic heterocycles. The lowest BCUT2D eigenvalue weighted by atomic mass is 10.1. The van der Waals surface area contributed by atoms with Crippen molar-refractivity contribution in [1.29, 1.82) is 0 Å². The number of furan rings is 1. The molecule has 0 amide bonds. The van der Waals surface area contributed by atoms with E-state index in [-0.39, 0.29) is 6.04 Å². The van der Waals surface area contributed by atoms with E-state index in [9.17, 15) is 0 Å². The Balaban J connectivity index is 2.08. The van der Waals surface area contributed by atoms with Gasteiger partial charge in [0.15, 0.2) is 0 Å². The molecule has 0 spiro atoms. The highest BCUT2D eigenvalue weighted by atomic mass is 35.5. The molecule has 1 atom stereocenters. The number of hydrogen-bond acceptors (Lipinski definition) is 3. The van der Waals surface area contributed by atoms with Gasteiger partial charge in [-0.2, -0.15) is 0 Å². The summed E-state index contributed by atoms with van der Waals surface area (Å²) in [6, 6.07) is 7.79. The molecule has 1 heterocycles. The second kappa shape index (κ2) is 5.83. The van der Waals surface area contributed by atoms with E-state index in [1.807, 2.05) is 31.2 Å². The van der Waals surface area contributed by atoms with E-state index < -0.39 is 0 Å². The second-order valence-electron chi connectivity index (χ2n) is 4.00. The smallest absolute Gasteiger partial charge is 0.138 e. The minimum absolute atomic E-state index is 0.165. The summed E-state index contributed by atoms with van der Waals surface area (Å²) in [7, 11) is 0. The van der Waals surface area contributed by atoms with Gasteiger partial charge in [-0.25, -0.2) is 0 Å². The van der Waals surface area contributed by atoms with Crippen molar-refractivity contribution in [2.75, 3.05) is 11.9 Å². The maximum atomic E-state index is 6.13. The van der Waals surface area contributed by atoms with Crippen LogP contribution in [0.25, 0.3) is 0 Å². The number of rotatable bonds is 5. The van der Waals surface area contributed by atoms with Crippen LogP contribution in [0.15, 0.2) is 41.2 Å². The fourth-order valence-electron chi connectivity index (χ4n) is 1.72. The van der Waals surface area contributed by atoms with E-state index in [4.69, 9.17) is 20.8 Å². The van der Waals surface area contributed by atoms with Crippen molar-refractivity contribution in [3.05, 3.63) is 47.4 Å². The molecular formula is C14H16ClNO2. The van der Waals surface area contributed by atoms with Gasteiger partial charge in [0, 0.05) is 11.3 Å². The molecule has 3 nitrogen and oxygen atoms in total. The standard InChI is InChI=1S/C14H16ClNO2/c1-3-18-14-5-4-12(8-13(14)15)16-10(2)11-6-7-17-9-11/h4-10,16H,3H2,1-2H3. The number of ether oxygens (including phenoxy) is 1. The van der Waals surface area contributed by atoms with Gasteiger partial charge >= 0.3 is 0 Å². The Kier molecular flexibility index (Phi) is 4.15. The molecule has 1 unspecified atom stereocenters. The van der Waals surface area contributed by atoms with Crippen LogP contribution in [-0.4, -0.2) is 6.61 Å². The van der Waals surface area contributed by atoms with Crippen molar-refractivity contribution in [3.63, 3.8) is 0 Å². The first-order valence-electron chi connectivity index (χ1n) is 5.91. The quantitative estimate of drug-likeness (QED) is 0.864. The normalized spacial score (nSPS) is 12.2. The van der Waals surface area contributed by atoms with E-state index in [2.05, 4.69) is 12.2 Å². The minimum Gasteiger partial charge on any atom is -0.492 e.